The molecule has 0 aromatic rings. The largest absolute Gasteiger partial charge is 0.300 e. The highest BCUT2D eigenvalue weighted by Crippen LogP contribution is 2.33. The monoisotopic (exact) mass is 245 g/mol. The average Bonchev–Trinajstić information content (AvgIpc) is 2.82. The number of hydrogen-bond acceptors (Lipinski definition) is 1. The average molecular weight is 246 g/mol. The Morgan fingerprint density at radius 2 is 2.08 bits per heavy atom. The van der Waals surface area contributed by atoms with Crippen LogP contribution in [0.15, 0.2) is 0 Å². The summed E-state index contributed by atoms with van der Waals surface area (Å²) < 4.78 is 0. The van der Waals surface area contributed by atoms with Crippen LogP contribution in [-0.2, 0) is 0 Å². The van der Waals surface area contributed by atoms with Gasteiger partial charge in [-0.05, 0) is 51.0 Å². The smallest absolute Gasteiger partial charge is 0.00961 e. The van der Waals surface area contributed by atoms with Gasteiger partial charge >= 0.3 is 0 Å². The summed E-state index contributed by atoms with van der Waals surface area (Å²) in [5.74, 6) is 1.07. The third-order valence-corrected chi connectivity index (χ3v) is 3.92. The molecular weight excluding hydrogens is 226 g/mol. The molecule has 0 N–H and O–H groups in total. The number of nitrogens with zero attached hydrogens (tertiary/aromatic N) is 1. The molecule has 1 aliphatic heterocycles. The van der Waals surface area contributed by atoms with Gasteiger partial charge in [0.15, 0.2) is 0 Å². The van der Waals surface area contributed by atoms with Crippen LogP contribution >= 0.6 is 15.9 Å². The molecule has 0 aromatic carbocycles. The summed E-state index contributed by atoms with van der Waals surface area (Å²) >= 11 is 3.52. The second-order valence-corrected chi connectivity index (χ2v) is 5.36. The van der Waals surface area contributed by atoms with Crippen molar-refractivity contribution in [2.75, 3.05) is 18.4 Å². The molecule has 2 rings (SSSR count). The zero-order valence-electron chi connectivity index (χ0n) is 8.34. The minimum Gasteiger partial charge on any atom is -0.300 e. The van der Waals surface area contributed by atoms with Gasteiger partial charge in [-0.1, -0.05) is 15.9 Å². The van der Waals surface area contributed by atoms with Crippen molar-refractivity contribution in [3.8, 4) is 0 Å². The molecule has 0 bridgehead atoms. The van der Waals surface area contributed by atoms with Crippen molar-refractivity contribution in [2.45, 2.75) is 44.6 Å². The van der Waals surface area contributed by atoms with Gasteiger partial charge < -0.3 is 4.90 Å². The highest BCUT2D eigenvalue weighted by atomic mass is 79.9. The lowest BCUT2D eigenvalue weighted by Gasteiger charge is -2.23. The van der Waals surface area contributed by atoms with Gasteiger partial charge in [0.25, 0.3) is 0 Å². The molecule has 0 aromatic heterocycles. The Kier molecular flexibility index (Phi) is 3.67. The molecule has 13 heavy (non-hydrogen) atoms. The highest BCUT2D eigenvalue weighted by Gasteiger charge is 2.30. The summed E-state index contributed by atoms with van der Waals surface area (Å²) in [6.07, 6.45) is 8.67. The summed E-state index contributed by atoms with van der Waals surface area (Å²) in [6, 6.07) is 0.929. The molecule has 1 heterocycles. The van der Waals surface area contributed by atoms with Crippen LogP contribution in [0.3, 0.4) is 0 Å². The van der Waals surface area contributed by atoms with Crippen molar-refractivity contribution in [3.63, 3.8) is 0 Å². The van der Waals surface area contributed by atoms with E-state index < -0.39 is 0 Å². The quantitative estimate of drug-likeness (QED) is 0.674. The predicted molar refractivity (Wildman–Crippen MR) is 60.3 cm³/mol. The Balaban J connectivity index is 1.72. The van der Waals surface area contributed by atoms with Crippen LogP contribution < -0.4 is 0 Å². The molecule has 0 radical (unpaired) electrons. The molecule has 2 heteroatoms. The fourth-order valence-corrected chi connectivity index (χ4v) is 2.73. The van der Waals surface area contributed by atoms with Gasteiger partial charge in [0.05, 0.1) is 0 Å². The van der Waals surface area contributed by atoms with Gasteiger partial charge in [0, 0.05) is 17.9 Å². The molecule has 2 fully saturated rings. The lowest BCUT2D eigenvalue weighted by molar-refractivity contribution is 0.233. The van der Waals surface area contributed by atoms with E-state index in [-0.39, 0.29) is 0 Å². The first-order chi connectivity index (χ1) is 6.40. The number of halogens is 1. The van der Waals surface area contributed by atoms with Gasteiger partial charge in [-0.15, -0.1) is 0 Å². The topological polar surface area (TPSA) is 3.24 Å². The Hall–Kier alpha value is 0.440. The first-order valence-electron chi connectivity index (χ1n) is 5.70. The molecule has 1 aliphatic carbocycles. The number of rotatable bonds is 5. The minimum absolute atomic E-state index is 0.929. The van der Waals surface area contributed by atoms with Crippen molar-refractivity contribution in [1.29, 1.82) is 0 Å². The number of hydrogen-bond donors (Lipinski definition) is 0. The summed E-state index contributed by atoms with van der Waals surface area (Å²) in [4.78, 5) is 2.75. The Morgan fingerprint density at radius 3 is 2.77 bits per heavy atom. The van der Waals surface area contributed by atoms with Crippen LogP contribution in [0.2, 0.25) is 0 Å². The van der Waals surface area contributed by atoms with E-state index in [0.29, 0.717) is 0 Å². The van der Waals surface area contributed by atoms with E-state index in [2.05, 4.69) is 20.8 Å². The Morgan fingerprint density at radius 1 is 1.23 bits per heavy atom. The van der Waals surface area contributed by atoms with Crippen molar-refractivity contribution in [2.24, 2.45) is 5.92 Å². The SMILES string of the molecule is BrCCCC1CCCN1CC1CC1. The van der Waals surface area contributed by atoms with Crippen molar-refractivity contribution in [1.82, 2.24) is 4.90 Å². The first kappa shape index (κ1) is 9.97. The number of alkyl halides is 1. The van der Waals surface area contributed by atoms with Crippen LogP contribution in [0, 0.1) is 5.92 Å². The second-order valence-electron chi connectivity index (χ2n) is 4.57. The fraction of sp³-hybridized carbons (Fsp3) is 1.00. The van der Waals surface area contributed by atoms with Crippen molar-refractivity contribution >= 4 is 15.9 Å². The van der Waals surface area contributed by atoms with Gasteiger partial charge in [-0.3, -0.25) is 0 Å². The molecule has 0 spiro atoms. The van der Waals surface area contributed by atoms with Crippen LogP contribution in [0.4, 0.5) is 0 Å². The summed E-state index contributed by atoms with van der Waals surface area (Å²) in [7, 11) is 0. The second kappa shape index (κ2) is 4.79. The lowest BCUT2D eigenvalue weighted by atomic mass is 10.1. The molecule has 1 saturated heterocycles. The molecule has 0 amide bonds. The first-order valence-corrected chi connectivity index (χ1v) is 6.82. The maximum Gasteiger partial charge on any atom is 0.00961 e. The van der Waals surface area contributed by atoms with Crippen LogP contribution in [-0.4, -0.2) is 29.4 Å². The van der Waals surface area contributed by atoms with E-state index in [9.17, 15) is 0 Å². The lowest BCUT2D eigenvalue weighted by Crippen LogP contribution is -2.31. The third kappa shape index (κ3) is 2.95. The zero-order valence-corrected chi connectivity index (χ0v) is 9.93. The van der Waals surface area contributed by atoms with E-state index in [1.54, 1.807) is 0 Å². The van der Waals surface area contributed by atoms with Crippen molar-refractivity contribution in [3.05, 3.63) is 0 Å². The van der Waals surface area contributed by atoms with Gasteiger partial charge in [0.1, 0.15) is 0 Å². The predicted octanol–water partition coefficient (Wildman–Crippen LogP) is 3.04. The van der Waals surface area contributed by atoms with E-state index in [0.717, 1.165) is 12.0 Å². The van der Waals surface area contributed by atoms with Gasteiger partial charge in [0.2, 0.25) is 0 Å². The summed E-state index contributed by atoms with van der Waals surface area (Å²) in [6.45, 7) is 2.79. The maximum atomic E-state index is 3.52. The number of likely N-dealkylation sites (tertiary alicyclic amines) is 1. The summed E-state index contributed by atoms with van der Waals surface area (Å²) in [5.41, 5.74) is 0. The Labute approximate surface area is 90.0 Å². The molecule has 2 aliphatic rings. The Bertz CT molecular complexity index is 156. The molecule has 1 nitrogen and oxygen atoms in total. The molecular formula is C11H20BrN. The minimum atomic E-state index is 0.929. The van der Waals surface area contributed by atoms with Gasteiger partial charge in [-0.25, -0.2) is 0 Å². The molecule has 1 unspecified atom stereocenters. The standard InChI is InChI=1S/C11H20BrN/c12-7-1-3-11-4-2-8-13(11)9-10-5-6-10/h10-11H,1-9H2. The maximum absolute atomic E-state index is 3.52. The molecule has 76 valence electrons. The molecule has 1 atom stereocenters. The fourth-order valence-electron chi connectivity index (χ4n) is 2.41. The van der Waals surface area contributed by atoms with E-state index >= 15 is 0 Å². The molecule has 1 saturated carbocycles. The normalized spacial score (nSPS) is 29.8. The van der Waals surface area contributed by atoms with Crippen LogP contribution in [0.25, 0.3) is 0 Å². The van der Waals surface area contributed by atoms with E-state index in [1.807, 2.05) is 0 Å². The van der Waals surface area contributed by atoms with Crippen molar-refractivity contribution < 1.29 is 0 Å². The van der Waals surface area contributed by atoms with Crippen LogP contribution in [0.1, 0.15) is 38.5 Å². The summed E-state index contributed by atoms with van der Waals surface area (Å²) in [5, 5.41) is 1.18. The van der Waals surface area contributed by atoms with E-state index in [1.165, 1.54) is 56.9 Å². The third-order valence-electron chi connectivity index (χ3n) is 3.36. The van der Waals surface area contributed by atoms with Gasteiger partial charge in [-0.2, -0.15) is 0 Å². The van der Waals surface area contributed by atoms with E-state index in [4.69, 9.17) is 0 Å². The van der Waals surface area contributed by atoms with Crippen LogP contribution in [0.5, 0.6) is 0 Å². The zero-order chi connectivity index (χ0) is 9.10. The highest BCUT2D eigenvalue weighted by molar-refractivity contribution is 9.09.